The van der Waals surface area contributed by atoms with Crippen molar-refractivity contribution in [3.05, 3.63) is 84.0 Å². The molecule has 9 aliphatic carbocycles. The minimum Gasteiger partial charge on any atom is -0.264 e. The first kappa shape index (κ1) is 26.1. The average Bonchev–Trinajstić information content (AvgIpc) is 3.45. The number of allylic oxidation sites excluding steroid dienone is 4. The molecule has 8 fully saturated rings. The standard InChI is InChI=1S/C37H46N2P2/c40-37(32-5-2-8-38-20-32,33-6-3-9-39-21-33)34-7-1-4-27(34)22-41(35-28-12-23-10-24(14-28)15-29(35)13-23)36-30-16-25-11-26(18-30)19-31(36)17-25/h1-9,20-21,23-26,28-31,34-36H,10-19,22,40H2. The average molecular weight is 581 g/mol. The van der Waals surface area contributed by atoms with Crippen LogP contribution < -0.4 is 0 Å². The van der Waals surface area contributed by atoms with Gasteiger partial charge < -0.3 is 0 Å². The number of aromatic nitrogens is 2. The van der Waals surface area contributed by atoms with Crippen molar-refractivity contribution in [3.63, 3.8) is 0 Å². The van der Waals surface area contributed by atoms with E-state index in [9.17, 15) is 0 Å². The van der Waals surface area contributed by atoms with E-state index >= 15 is 0 Å². The van der Waals surface area contributed by atoms with Crippen molar-refractivity contribution in [2.45, 2.75) is 80.7 Å². The first-order chi connectivity index (χ1) is 20.1. The molecule has 214 valence electrons. The summed E-state index contributed by atoms with van der Waals surface area (Å²) in [6.45, 7) is 0. The molecule has 8 saturated carbocycles. The second kappa shape index (κ2) is 10.1. The van der Waals surface area contributed by atoms with E-state index in [0.29, 0.717) is 5.92 Å². The molecule has 0 spiro atoms. The normalized spacial score (nSPS) is 42.6. The summed E-state index contributed by atoms with van der Waals surface area (Å²) in [7, 11) is 3.30. The highest BCUT2D eigenvalue weighted by Gasteiger charge is 2.57. The Morgan fingerprint density at radius 2 is 1.15 bits per heavy atom. The summed E-state index contributed by atoms with van der Waals surface area (Å²) in [4.78, 5) is 9.21. The lowest BCUT2D eigenvalue weighted by Gasteiger charge is -2.62. The third-order valence-corrected chi connectivity index (χ3v) is 18.2. The SMILES string of the molecule is PC(c1cccnc1)(c1cccnc1)C1C=CC=C1CP(C1C2CC3CC(C2)CC1C3)C1C2CC3CC(C2)CC1C3. The van der Waals surface area contributed by atoms with Gasteiger partial charge in [0.15, 0.2) is 0 Å². The fourth-order valence-corrected chi connectivity index (χ4v) is 17.7. The molecular weight excluding hydrogens is 534 g/mol. The summed E-state index contributed by atoms with van der Waals surface area (Å²) in [5.41, 5.74) is 6.36. The van der Waals surface area contributed by atoms with Crippen molar-refractivity contribution >= 4 is 17.2 Å². The topological polar surface area (TPSA) is 25.8 Å². The van der Waals surface area contributed by atoms with Crippen LogP contribution in [0.4, 0.5) is 0 Å². The van der Waals surface area contributed by atoms with Crippen LogP contribution in [-0.2, 0) is 5.16 Å². The van der Waals surface area contributed by atoms with Crippen LogP contribution in [0.1, 0.15) is 75.3 Å². The molecule has 41 heavy (non-hydrogen) atoms. The number of nitrogens with zero attached hydrogens (tertiary/aromatic N) is 2. The first-order valence-corrected chi connectivity index (χ1v) is 19.1. The predicted molar refractivity (Wildman–Crippen MR) is 173 cm³/mol. The van der Waals surface area contributed by atoms with E-state index in [1.54, 1.807) is 69.8 Å². The Labute approximate surface area is 250 Å². The predicted octanol–water partition coefficient (Wildman–Crippen LogP) is 8.84. The van der Waals surface area contributed by atoms with Gasteiger partial charge in [-0.2, -0.15) is 0 Å². The molecule has 2 heterocycles. The molecular formula is C37H46N2P2. The Bertz CT molecular complexity index is 1200. The summed E-state index contributed by atoms with van der Waals surface area (Å²) < 4.78 is 0. The summed E-state index contributed by atoms with van der Waals surface area (Å²) >= 11 is 0. The van der Waals surface area contributed by atoms with Crippen LogP contribution >= 0.6 is 17.2 Å². The van der Waals surface area contributed by atoms with Crippen molar-refractivity contribution in [2.24, 2.45) is 53.3 Å². The number of pyridine rings is 2. The van der Waals surface area contributed by atoms with Crippen LogP contribution in [0.3, 0.4) is 0 Å². The molecule has 4 heteroatoms. The van der Waals surface area contributed by atoms with Crippen molar-refractivity contribution in [2.75, 3.05) is 6.16 Å². The van der Waals surface area contributed by atoms with Gasteiger partial charge in [0.2, 0.25) is 0 Å². The van der Waals surface area contributed by atoms with E-state index < -0.39 is 0 Å². The minimum absolute atomic E-state index is 0.0319. The van der Waals surface area contributed by atoms with E-state index in [0.717, 1.165) is 58.7 Å². The molecule has 9 aliphatic rings. The van der Waals surface area contributed by atoms with Gasteiger partial charge in [-0.1, -0.05) is 43.9 Å². The lowest BCUT2D eigenvalue weighted by Crippen LogP contribution is -2.53. The zero-order valence-corrected chi connectivity index (χ0v) is 26.4. The van der Waals surface area contributed by atoms with Gasteiger partial charge in [-0.05, 0) is 152 Å². The van der Waals surface area contributed by atoms with Gasteiger partial charge in [-0.15, -0.1) is 9.24 Å². The molecule has 0 N–H and O–H groups in total. The summed E-state index contributed by atoms with van der Waals surface area (Å²) in [5.74, 6) is 8.79. The highest BCUT2D eigenvalue weighted by Crippen LogP contribution is 2.72. The van der Waals surface area contributed by atoms with Crippen molar-refractivity contribution in [1.82, 2.24) is 9.97 Å². The summed E-state index contributed by atoms with van der Waals surface area (Å²) in [5, 5.41) is -0.240. The number of hydrogen-bond acceptors (Lipinski definition) is 2. The molecule has 8 bridgehead atoms. The lowest BCUT2D eigenvalue weighted by molar-refractivity contribution is 0.0131. The molecule has 2 aromatic rings. The van der Waals surface area contributed by atoms with Gasteiger partial charge in [0.25, 0.3) is 0 Å². The third-order valence-electron chi connectivity index (χ3n) is 13.3. The van der Waals surface area contributed by atoms with Gasteiger partial charge in [-0.3, -0.25) is 9.97 Å². The van der Waals surface area contributed by atoms with Crippen molar-refractivity contribution < 1.29 is 0 Å². The number of hydrogen-bond donors (Lipinski definition) is 0. The molecule has 2 nitrogen and oxygen atoms in total. The van der Waals surface area contributed by atoms with E-state index in [1.807, 2.05) is 12.4 Å². The van der Waals surface area contributed by atoms with E-state index in [2.05, 4.69) is 74.1 Å². The maximum Gasteiger partial charge on any atom is 0.0474 e. The van der Waals surface area contributed by atoms with Crippen LogP contribution in [0.5, 0.6) is 0 Å². The second-order valence-electron chi connectivity index (χ2n) is 15.5. The molecule has 0 amide bonds. The number of rotatable bonds is 7. The Morgan fingerprint density at radius 3 is 1.56 bits per heavy atom. The van der Waals surface area contributed by atoms with E-state index in [-0.39, 0.29) is 13.1 Å². The van der Waals surface area contributed by atoms with Crippen LogP contribution in [-0.4, -0.2) is 27.4 Å². The van der Waals surface area contributed by atoms with Gasteiger partial charge in [-0.25, -0.2) is 0 Å². The Morgan fingerprint density at radius 1 is 0.683 bits per heavy atom. The summed E-state index contributed by atoms with van der Waals surface area (Å²) in [6, 6.07) is 8.80. The smallest absolute Gasteiger partial charge is 0.0474 e. The Balaban J connectivity index is 1.10. The second-order valence-corrected chi connectivity index (χ2v) is 18.9. The molecule has 11 rings (SSSR count). The molecule has 2 unspecified atom stereocenters. The molecule has 2 atom stereocenters. The van der Waals surface area contributed by atoms with Gasteiger partial charge in [0, 0.05) is 35.9 Å². The van der Waals surface area contributed by atoms with Gasteiger partial charge in [0.05, 0.1) is 0 Å². The molecule has 0 aliphatic heterocycles. The zero-order chi connectivity index (χ0) is 27.1. The van der Waals surface area contributed by atoms with Crippen LogP contribution in [0.25, 0.3) is 0 Å². The van der Waals surface area contributed by atoms with Crippen LogP contribution in [0.15, 0.2) is 72.9 Å². The van der Waals surface area contributed by atoms with Gasteiger partial charge in [0.1, 0.15) is 0 Å². The fourth-order valence-electron chi connectivity index (χ4n) is 12.3. The Kier molecular flexibility index (Phi) is 6.42. The third kappa shape index (κ3) is 4.24. The molecule has 2 aromatic heterocycles. The quantitative estimate of drug-likeness (QED) is 0.306. The van der Waals surface area contributed by atoms with E-state index in [4.69, 9.17) is 0 Å². The summed E-state index contributed by atoms with van der Waals surface area (Å²) in [6.07, 6.45) is 32.6. The Hall–Kier alpha value is -1.36. The zero-order valence-electron chi connectivity index (χ0n) is 24.4. The minimum atomic E-state index is -0.240. The molecule has 0 radical (unpaired) electrons. The largest absolute Gasteiger partial charge is 0.264 e. The van der Waals surface area contributed by atoms with Crippen molar-refractivity contribution in [3.8, 4) is 0 Å². The monoisotopic (exact) mass is 580 g/mol. The molecule has 0 aromatic carbocycles. The molecule has 0 saturated heterocycles. The van der Waals surface area contributed by atoms with Crippen LogP contribution in [0, 0.1) is 53.3 Å². The maximum absolute atomic E-state index is 4.61. The van der Waals surface area contributed by atoms with Crippen molar-refractivity contribution in [1.29, 1.82) is 0 Å². The fraction of sp³-hybridized carbons (Fsp3) is 0.622. The highest BCUT2D eigenvalue weighted by atomic mass is 31.1. The van der Waals surface area contributed by atoms with Gasteiger partial charge >= 0.3 is 0 Å². The van der Waals surface area contributed by atoms with Crippen LogP contribution in [0.2, 0.25) is 0 Å². The lowest BCUT2D eigenvalue weighted by atomic mass is 9.55. The van der Waals surface area contributed by atoms with E-state index in [1.165, 1.54) is 17.3 Å². The highest BCUT2D eigenvalue weighted by molar-refractivity contribution is 7.59. The maximum atomic E-state index is 4.61. The first-order valence-electron chi connectivity index (χ1n) is 16.9.